The average molecular weight is 232 g/mol. The third kappa shape index (κ3) is 1.63. The summed E-state index contributed by atoms with van der Waals surface area (Å²) in [5, 5.41) is 0. The maximum absolute atomic E-state index is 4.81. The van der Waals surface area contributed by atoms with E-state index in [4.69, 9.17) is 4.99 Å². The Balaban J connectivity index is 2.05. The van der Waals surface area contributed by atoms with E-state index in [-0.39, 0.29) is 0 Å². The molecule has 0 unspecified atom stereocenters. The standard InChI is InChI=1S/C13H16N2S/c1-16-12-6-4-5-11-10(12)9-15-8-3-2-7-13(15)14-11/h4-6H,2-3,7-9H2,1H3. The zero-order valence-corrected chi connectivity index (χ0v) is 10.4. The summed E-state index contributed by atoms with van der Waals surface area (Å²) in [6.45, 7) is 2.24. The molecule has 3 rings (SSSR count). The van der Waals surface area contributed by atoms with Crippen LogP contribution in [0.1, 0.15) is 24.8 Å². The quantitative estimate of drug-likeness (QED) is 0.689. The monoisotopic (exact) mass is 232 g/mol. The second-order valence-corrected chi connectivity index (χ2v) is 5.21. The number of amidine groups is 1. The first kappa shape index (κ1) is 10.2. The molecule has 0 atom stereocenters. The SMILES string of the molecule is CSc1cccc2c1CN1CCCCC1=N2. The molecule has 1 aromatic carbocycles. The number of aliphatic imine (C=N–C) groups is 1. The van der Waals surface area contributed by atoms with E-state index in [0.717, 1.165) is 13.0 Å². The third-order valence-electron chi connectivity index (χ3n) is 3.37. The Morgan fingerprint density at radius 2 is 2.25 bits per heavy atom. The van der Waals surface area contributed by atoms with Gasteiger partial charge < -0.3 is 4.90 Å². The van der Waals surface area contributed by atoms with Gasteiger partial charge in [-0.3, -0.25) is 0 Å². The second-order valence-electron chi connectivity index (χ2n) is 4.36. The fraction of sp³-hybridized carbons (Fsp3) is 0.462. The number of fused-ring (bicyclic) bond motifs is 2. The Bertz CT molecular complexity index is 440. The molecular formula is C13H16N2S. The van der Waals surface area contributed by atoms with Crippen LogP contribution in [0.3, 0.4) is 0 Å². The molecule has 2 aliphatic heterocycles. The first-order chi connectivity index (χ1) is 7.88. The van der Waals surface area contributed by atoms with Crippen LogP contribution in [0.2, 0.25) is 0 Å². The van der Waals surface area contributed by atoms with Gasteiger partial charge >= 0.3 is 0 Å². The van der Waals surface area contributed by atoms with Crippen molar-refractivity contribution in [1.82, 2.24) is 4.90 Å². The number of piperidine rings is 1. The molecule has 0 radical (unpaired) electrons. The maximum Gasteiger partial charge on any atom is 0.105 e. The van der Waals surface area contributed by atoms with Gasteiger partial charge in [-0.2, -0.15) is 0 Å². The number of nitrogens with zero attached hydrogens (tertiary/aromatic N) is 2. The summed E-state index contributed by atoms with van der Waals surface area (Å²) < 4.78 is 0. The lowest BCUT2D eigenvalue weighted by Crippen LogP contribution is -2.36. The molecule has 84 valence electrons. The lowest BCUT2D eigenvalue weighted by atomic mass is 10.0. The summed E-state index contributed by atoms with van der Waals surface area (Å²) in [4.78, 5) is 8.64. The third-order valence-corrected chi connectivity index (χ3v) is 4.19. The fourth-order valence-corrected chi connectivity index (χ4v) is 3.14. The summed E-state index contributed by atoms with van der Waals surface area (Å²) in [5.41, 5.74) is 2.61. The number of thioether (sulfide) groups is 1. The minimum absolute atomic E-state index is 1.06. The van der Waals surface area contributed by atoms with Gasteiger partial charge in [0.05, 0.1) is 5.69 Å². The highest BCUT2D eigenvalue weighted by molar-refractivity contribution is 7.98. The highest BCUT2D eigenvalue weighted by Crippen LogP contribution is 2.35. The van der Waals surface area contributed by atoms with Crippen LogP contribution in [0.15, 0.2) is 28.1 Å². The Labute approximate surface area is 101 Å². The molecule has 0 N–H and O–H groups in total. The van der Waals surface area contributed by atoms with Crippen molar-refractivity contribution in [2.75, 3.05) is 12.8 Å². The van der Waals surface area contributed by atoms with Gasteiger partial charge in [-0.1, -0.05) is 6.07 Å². The molecule has 0 spiro atoms. The predicted molar refractivity (Wildman–Crippen MR) is 69.6 cm³/mol. The van der Waals surface area contributed by atoms with E-state index >= 15 is 0 Å². The number of hydrogen-bond acceptors (Lipinski definition) is 3. The zero-order valence-electron chi connectivity index (χ0n) is 9.57. The van der Waals surface area contributed by atoms with Gasteiger partial charge in [0.2, 0.25) is 0 Å². The number of hydrogen-bond donors (Lipinski definition) is 0. The first-order valence-corrected chi connectivity index (χ1v) is 7.09. The van der Waals surface area contributed by atoms with Crippen molar-refractivity contribution in [2.45, 2.75) is 30.7 Å². The van der Waals surface area contributed by atoms with Crippen LogP contribution in [-0.2, 0) is 6.54 Å². The average Bonchev–Trinajstić information content (AvgIpc) is 2.35. The van der Waals surface area contributed by atoms with Crippen LogP contribution in [0.4, 0.5) is 5.69 Å². The molecule has 1 aromatic rings. The smallest absolute Gasteiger partial charge is 0.105 e. The van der Waals surface area contributed by atoms with Crippen molar-refractivity contribution < 1.29 is 0 Å². The van der Waals surface area contributed by atoms with E-state index in [2.05, 4.69) is 29.4 Å². The van der Waals surface area contributed by atoms with Gasteiger partial charge in [0.15, 0.2) is 0 Å². The molecular weight excluding hydrogens is 216 g/mol. The van der Waals surface area contributed by atoms with E-state index < -0.39 is 0 Å². The van der Waals surface area contributed by atoms with Crippen molar-refractivity contribution in [3.8, 4) is 0 Å². The molecule has 1 saturated heterocycles. The second kappa shape index (κ2) is 4.13. The van der Waals surface area contributed by atoms with Crippen molar-refractivity contribution in [2.24, 2.45) is 4.99 Å². The number of rotatable bonds is 1. The van der Waals surface area contributed by atoms with Crippen molar-refractivity contribution in [1.29, 1.82) is 0 Å². The highest BCUT2D eigenvalue weighted by Gasteiger charge is 2.23. The van der Waals surface area contributed by atoms with E-state index in [1.807, 2.05) is 11.8 Å². The first-order valence-electron chi connectivity index (χ1n) is 5.87. The predicted octanol–water partition coefficient (Wildman–Crippen LogP) is 3.44. The maximum atomic E-state index is 4.81. The van der Waals surface area contributed by atoms with Crippen LogP contribution in [0, 0.1) is 0 Å². The molecule has 0 amide bonds. The van der Waals surface area contributed by atoms with Crippen LogP contribution in [-0.4, -0.2) is 23.5 Å². The van der Waals surface area contributed by atoms with E-state index in [1.54, 1.807) is 0 Å². The zero-order chi connectivity index (χ0) is 11.0. The highest BCUT2D eigenvalue weighted by atomic mass is 32.2. The van der Waals surface area contributed by atoms with Crippen molar-refractivity contribution >= 4 is 23.3 Å². The van der Waals surface area contributed by atoms with Crippen LogP contribution in [0.5, 0.6) is 0 Å². The molecule has 0 aliphatic carbocycles. The van der Waals surface area contributed by atoms with Gasteiger partial charge in [0.1, 0.15) is 5.84 Å². The number of benzene rings is 1. The van der Waals surface area contributed by atoms with E-state index in [9.17, 15) is 0 Å². The Morgan fingerprint density at radius 1 is 1.31 bits per heavy atom. The molecule has 2 heterocycles. The summed E-state index contributed by atoms with van der Waals surface area (Å²) in [6.07, 6.45) is 5.91. The Kier molecular flexibility index (Phi) is 2.64. The molecule has 0 saturated carbocycles. The van der Waals surface area contributed by atoms with E-state index in [0.29, 0.717) is 0 Å². The molecule has 3 heteroatoms. The molecule has 2 nitrogen and oxygen atoms in total. The molecule has 16 heavy (non-hydrogen) atoms. The normalized spacial score (nSPS) is 18.8. The summed E-state index contributed by atoms with van der Waals surface area (Å²) in [5.74, 6) is 1.30. The summed E-state index contributed by atoms with van der Waals surface area (Å²) >= 11 is 1.83. The van der Waals surface area contributed by atoms with Crippen LogP contribution < -0.4 is 0 Å². The lowest BCUT2D eigenvalue weighted by molar-refractivity contribution is 0.357. The molecule has 0 bridgehead atoms. The molecule has 0 aromatic heterocycles. The minimum atomic E-state index is 1.06. The van der Waals surface area contributed by atoms with Gasteiger partial charge in [-0.05, 0) is 31.2 Å². The van der Waals surface area contributed by atoms with Crippen LogP contribution in [0.25, 0.3) is 0 Å². The lowest BCUT2D eigenvalue weighted by Gasteiger charge is -2.34. The van der Waals surface area contributed by atoms with E-state index in [1.165, 1.54) is 41.4 Å². The largest absolute Gasteiger partial charge is 0.356 e. The molecule has 1 fully saturated rings. The topological polar surface area (TPSA) is 15.6 Å². The molecule has 2 aliphatic rings. The van der Waals surface area contributed by atoms with Crippen molar-refractivity contribution in [3.05, 3.63) is 23.8 Å². The summed E-state index contributed by atoms with van der Waals surface area (Å²) in [6, 6.07) is 6.47. The summed E-state index contributed by atoms with van der Waals surface area (Å²) in [7, 11) is 0. The van der Waals surface area contributed by atoms with Crippen LogP contribution >= 0.6 is 11.8 Å². The van der Waals surface area contributed by atoms with Gasteiger partial charge in [0, 0.05) is 30.0 Å². The Hall–Kier alpha value is -0.960. The fourth-order valence-electron chi connectivity index (χ4n) is 2.51. The van der Waals surface area contributed by atoms with Gasteiger partial charge in [-0.15, -0.1) is 11.8 Å². The minimum Gasteiger partial charge on any atom is -0.356 e. The Morgan fingerprint density at radius 3 is 3.12 bits per heavy atom. The van der Waals surface area contributed by atoms with Gasteiger partial charge in [-0.25, -0.2) is 4.99 Å². The van der Waals surface area contributed by atoms with Crippen molar-refractivity contribution in [3.63, 3.8) is 0 Å². The van der Waals surface area contributed by atoms with Gasteiger partial charge in [0.25, 0.3) is 0 Å².